The monoisotopic (exact) mass is 376 g/mol. The minimum absolute atomic E-state index is 0.0215. The van der Waals surface area contributed by atoms with Crippen molar-refractivity contribution in [3.8, 4) is 6.07 Å². The first kappa shape index (κ1) is 19.2. The van der Waals surface area contributed by atoms with Gasteiger partial charge in [-0.05, 0) is 13.0 Å². The molecule has 1 unspecified atom stereocenters. The van der Waals surface area contributed by atoms with Gasteiger partial charge in [0.2, 0.25) is 0 Å². The lowest BCUT2D eigenvalue weighted by Gasteiger charge is -2.09. The van der Waals surface area contributed by atoms with Crippen LogP contribution in [0.3, 0.4) is 0 Å². The number of hydrogen-bond donors (Lipinski definition) is 0. The minimum Gasteiger partial charge on any atom is -0.465 e. The number of hydrogen-bond acceptors (Lipinski definition) is 6. The summed E-state index contributed by atoms with van der Waals surface area (Å²) >= 11 is 17.9. The van der Waals surface area contributed by atoms with E-state index in [4.69, 9.17) is 44.8 Å². The molecule has 0 aliphatic rings. The summed E-state index contributed by atoms with van der Waals surface area (Å²) in [7, 11) is 1.16. The van der Waals surface area contributed by atoms with Crippen molar-refractivity contribution < 1.29 is 19.1 Å². The molecule has 0 saturated carbocycles. The Balaban J connectivity index is 3.27. The second-order valence-electron chi connectivity index (χ2n) is 4.01. The standard InChI is InChI=1S/C14H11Cl3N2O4/c1-3-23-13(20)7(5-18)6-19-9-4-8(15)11(16)10(12(9)17)14(21)22-2/h4,6-7H,3H2,1-2H3. The van der Waals surface area contributed by atoms with Gasteiger partial charge < -0.3 is 9.47 Å². The molecule has 0 fully saturated rings. The Labute approximate surface area is 147 Å². The second-order valence-corrected chi connectivity index (χ2v) is 5.17. The summed E-state index contributed by atoms with van der Waals surface area (Å²) in [5, 5.41) is 8.79. The maximum absolute atomic E-state index is 11.7. The number of halogens is 3. The van der Waals surface area contributed by atoms with Crippen molar-refractivity contribution in [1.82, 2.24) is 0 Å². The fraction of sp³-hybridized carbons (Fsp3) is 0.286. The van der Waals surface area contributed by atoms with Gasteiger partial charge in [-0.1, -0.05) is 34.8 Å². The number of ether oxygens (including phenoxy) is 2. The Morgan fingerprint density at radius 1 is 1.39 bits per heavy atom. The number of carbonyl (C=O) groups is 2. The normalized spacial score (nSPS) is 11.8. The molecule has 0 saturated heterocycles. The van der Waals surface area contributed by atoms with Crippen LogP contribution in [0.5, 0.6) is 0 Å². The zero-order valence-corrected chi connectivity index (χ0v) is 14.4. The van der Waals surface area contributed by atoms with Gasteiger partial charge >= 0.3 is 11.9 Å². The number of carbonyl (C=O) groups excluding carboxylic acids is 2. The molecule has 0 N–H and O–H groups in total. The van der Waals surface area contributed by atoms with Crippen LogP contribution in [0, 0.1) is 17.2 Å². The Morgan fingerprint density at radius 2 is 2.04 bits per heavy atom. The molecule has 6 nitrogen and oxygen atoms in total. The molecule has 9 heteroatoms. The van der Waals surface area contributed by atoms with Crippen LogP contribution in [0.25, 0.3) is 0 Å². The molecule has 122 valence electrons. The van der Waals surface area contributed by atoms with Gasteiger partial charge in [0.05, 0.1) is 40.5 Å². The van der Waals surface area contributed by atoms with Crippen LogP contribution in [0.1, 0.15) is 17.3 Å². The number of benzene rings is 1. The van der Waals surface area contributed by atoms with Crippen molar-refractivity contribution in [2.75, 3.05) is 13.7 Å². The van der Waals surface area contributed by atoms with Crippen LogP contribution >= 0.6 is 34.8 Å². The zero-order chi connectivity index (χ0) is 17.6. The maximum atomic E-state index is 11.7. The van der Waals surface area contributed by atoms with Gasteiger partial charge in [-0.3, -0.25) is 9.79 Å². The summed E-state index contributed by atoms with van der Waals surface area (Å²) in [4.78, 5) is 27.2. The Kier molecular flexibility index (Phi) is 7.30. The summed E-state index contributed by atoms with van der Waals surface area (Å²) in [6, 6.07) is 3.03. The van der Waals surface area contributed by atoms with Crippen LogP contribution in [-0.2, 0) is 14.3 Å². The lowest BCUT2D eigenvalue weighted by Crippen LogP contribution is -2.17. The van der Waals surface area contributed by atoms with Crippen molar-refractivity contribution in [3.63, 3.8) is 0 Å². The maximum Gasteiger partial charge on any atom is 0.341 e. The summed E-state index contributed by atoms with van der Waals surface area (Å²) in [6.45, 7) is 1.74. The highest BCUT2D eigenvalue weighted by Crippen LogP contribution is 2.39. The molecule has 1 rings (SSSR count). The Morgan fingerprint density at radius 3 is 2.57 bits per heavy atom. The summed E-state index contributed by atoms with van der Waals surface area (Å²) in [6.07, 6.45) is 1.05. The van der Waals surface area contributed by atoms with E-state index >= 15 is 0 Å². The molecule has 0 heterocycles. The van der Waals surface area contributed by atoms with E-state index in [0.717, 1.165) is 13.3 Å². The number of methoxy groups -OCH3 is 1. The number of nitriles is 1. The largest absolute Gasteiger partial charge is 0.465 e. The lowest BCUT2D eigenvalue weighted by atomic mass is 10.1. The fourth-order valence-corrected chi connectivity index (χ4v) is 2.25. The third-order valence-electron chi connectivity index (χ3n) is 2.57. The van der Waals surface area contributed by atoms with Crippen molar-refractivity contribution in [1.29, 1.82) is 5.26 Å². The van der Waals surface area contributed by atoms with Gasteiger partial charge in [0.1, 0.15) is 5.56 Å². The fourth-order valence-electron chi connectivity index (χ4n) is 1.50. The number of esters is 2. The molecule has 1 aromatic rings. The Hall–Kier alpha value is -1.81. The van der Waals surface area contributed by atoms with Crippen LogP contribution in [0.2, 0.25) is 15.1 Å². The van der Waals surface area contributed by atoms with Crippen LogP contribution in [0.4, 0.5) is 5.69 Å². The van der Waals surface area contributed by atoms with E-state index in [2.05, 4.69) is 9.73 Å². The molecule has 0 amide bonds. The molecule has 0 aliphatic carbocycles. The van der Waals surface area contributed by atoms with Crippen molar-refractivity contribution in [3.05, 3.63) is 26.7 Å². The van der Waals surface area contributed by atoms with Crippen LogP contribution in [0.15, 0.2) is 11.1 Å². The average molecular weight is 378 g/mol. The highest BCUT2D eigenvalue weighted by atomic mass is 35.5. The average Bonchev–Trinajstić information content (AvgIpc) is 2.52. The van der Waals surface area contributed by atoms with E-state index in [0.29, 0.717) is 0 Å². The van der Waals surface area contributed by atoms with Gasteiger partial charge in [-0.25, -0.2) is 4.79 Å². The first-order valence-corrected chi connectivity index (χ1v) is 7.36. The number of nitrogens with zero attached hydrogens (tertiary/aromatic N) is 2. The van der Waals surface area contributed by atoms with Gasteiger partial charge in [0.25, 0.3) is 0 Å². The molecule has 0 spiro atoms. The molecule has 0 bridgehead atoms. The highest BCUT2D eigenvalue weighted by molar-refractivity contribution is 6.47. The van der Waals surface area contributed by atoms with Gasteiger partial charge in [-0.15, -0.1) is 0 Å². The van der Waals surface area contributed by atoms with E-state index < -0.39 is 17.9 Å². The van der Waals surface area contributed by atoms with Gasteiger partial charge in [0, 0.05) is 6.21 Å². The molecule has 1 aromatic carbocycles. The third-order valence-corrected chi connectivity index (χ3v) is 3.74. The van der Waals surface area contributed by atoms with Gasteiger partial charge in [-0.2, -0.15) is 5.26 Å². The predicted molar refractivity (Wildman–Crippen MR) is 86.7 cm³/mol. The summed E-state index contributed by atoms with van der Waals surface area (Å²) in [5.74, 6) is -2.76. The van der Waals surface area contributed by atoms with E-state index in [1.165, 1.54) is 6.07 Å². The summed E-state index contributed by atoms with van der Waals surface area (Å²) in [5.41, 5.74) is -0.0915. The van der Waals surface area contributed by atoms with Gasteiger partial charge in [0.15, 0.2) is 5.92 Å². The van der Waals surface area contributed by atoms with Crippen LogP contribution in [-0.4, -0.2) is 31.9 Å². The number of rotatable bonds is 5. The smallest absolute Gasteiger partial charge is 0.341 e. The first-order chi connectivity index (χ1) is 10.9. The van der Waals surface area contributed by atoms with E-state index in [1.807, 2.05) is 0 Å². The quantitative estimate of drug-likeness (QED) is 0.442. The lowest BCUT2D eigenvalue weighted by molar-refractivity contribution is -0.143. The SMILES string of the molecule is CCOC(=O)C(C#N)C=Nc1cc(Cl)c(Cl)c(C(=O)OC)c1Cl. The molecule has 0 aromatic heterocycles. The third kappa shape index (κ3) is 4.58. The van der Waals surface area contributed by atoms with Crippen molar-refractivity contribution in [2.24, 2.45) is 10.9 Å². The number of aliphatic imine (C=N–C) groups is 1. The van der Waals surface area contributed by atoms with Crippen molar-refractivity contribution in [2.45, 2.75) is 6.92 Å². The second kappa shape index (κ2) is 8.73. The Bertz CT molecular complexity index is 698. The molecular weight excluding hydrogens is 367 g/mol. The molecule has 23 heavy (non-hydrogen) atoms. The van der Waals surface area contributed by atoms with E-state index in [1.54, 1.807) is 13.0 Å². The molecular formula is C14H11Cl3N2O4. The van der Waals surface area contributed by atoms with E-state index in [-0.39, 0.29) is 32.9 Å². The van der Waals surface area contributed by atoms with Crippen molar-refractivity contribution >= 4 is 58.6 Å². The molecule has 0 aliphatic heterocycles. The van der Waals surface area contributed by atoms with E-state index in [9.17, 15) is 9.59 Å². The molecule has 0 radical (unpaired) electrons. The predicted octanol–water partition coefficient (Wildman–Crippen LogP) is 3.84. The summed E-state index contributed by atoms with van der Waals surface area (Å²) < 4.78 is 9.31. The zero-order valence-electron chi connectivity index (χ0n) is 12.1. The van der Waals surface area contributed by atoms with Crippen LogP contribution < -0.4 is 0 Å². The topological polar surface area (TPSA) is 88.8 Å². The minimum atomic E-state index is -1.22. The molecule has 1 atom stereocenters. The first-order valence-electron chi connectivity index (χ1n) is 6.23. The highest BCUT2D eigenvalue weighted by Gasteiger charge is 2.22.